The molecule has 12 heavy (non-hydrogen) atoms. The normalized spacial score (nSPS) is 29.6. The molecule has 1 unspecified atom stereocenters. The van der Waals surface area contributed by atoms with Crippen molar-refractivity contribution in [3.63, 3.8) is 0 Å². The highest BCUT2D eigenvalue weighted by Gasteiger charge is 2.10. The zero-order chi connectivity index (χ0) is 8.97. The van der Waals surface area contributed by atoms with Crippen LogP contribution in [0.5, 0.6) is 0 Å². The van der Waals surface area contributed by atoms with Gasteiger partial charge in [0, 0.05) is 0 Å². The molecule has 0 radical (unpaired) electrons. The summed E-state index contributed by atoms with van der Waals surface area (Å²) in [7, 11) is 0. The monoisotopic (exact) mass is 164 g/mol. The van der Waals surface area contributed by atoms with Gasteiger partial charge < -0.3 is 0 Å². The Morgan fingerprint density at radius 2 is 2.17 bits per heavy atom. The lowest BCUT2D eigenvalue weighted by atomic mass is 9.89. The van der Waals surface area contributed by atoms with Crippen molar-refractivity contribution >= 4 is 5.78 Å². The maximum atomic E-state index is 11.0. The number of allylic oxidation sites excluding steroid dienone is 4. The second-order valence-electron chi connectivity index (χ2n) is 3.65. The molecule has 0 aromatic heterocycles. The first-order chi connectivity index (χ1) is 5.70. The number of hydrogen-bond acceptors (Lipinski definition) is 1. The minimum absolute atomic E-state index is 0.125. The molecule has 1 aliphatic carbocycles. The quantitative estimate of drug-likeness (QED) is 0.582. The molecule has 0 saturated heterocycles. The van der Waals surface area contributed by atoms with Gasteiger partial charge in [0.15, 0.2) is 5.78 Å². The molecule has 0 aliphatic heterocycles. The minimum atomic E-state index is 0.125. The smallest absolute Gasteiger partial charge is 0.178 e. The summed E-state index contributed by atoms with van der Waals surface area (Å²) in [6.45, 7) is 4.40. The van der Waals surface area contributed by atoms with Crippen LogP contribution in [-0.2, 0) is 4.79 Å². The number of rotatable bonds is 1. The lowest BCUT2D eigenvalue weighted by Gasteiger charge is -2.16. The van der Waals surface area contributed by atoms with Crippen LogP contribution < -0.4 is 0 Å². The third kappa shape index (κ3) is 2.65. The van der Waals surface area contributed by atoms with E-state index >= 15 is 0 Å². The molecule has 0 heterocycles. The van der Waals surface area contributed by atoms with E-state index in [2.05, 4.69) is 19.9 Å². The zero-order valence-electron chi connectivity index (χ0n) is 7.79. The van der Waals surface area contributed by atoms with Crippen LogP contribution >= 0.6 is 0 Å². The van der Waals surface area contributed by atoms with Crippen molar-refractivity contribution in [2.45, 2.75) is 26.7 Å². The van der Waals surface area contributed by atoms with E-state index in [4.69, 9.17) is 0 Å². The third-order valence-electron chi connectivity index (χ3n) is 2.31. The molecule has 0 bridgehead atoms. The summed E-state index contributed by atoms with van der Waals surface area (Å²) in [4.78, 5) is 11.0. The van der Waals surface area contributed by atoms with Crippen LogP contribution in [0.2, 0.25) is 0 Å². The van der Waals surface area contributed by atoms with Gasteiger partial charge in [-0.15, -0.1) is 0 Å². The zero-order valence-corrected chi connectivity index (χ0v) is 7.79. The highest BCUT2D eigenvalue weighted by Crippen LogP contribution is 2.20. The Balaban J connectivity index is 2.64. The van der Waals surface area contributed by atoms with Crippen molar-refractivity contribution in [3.05, 3.63) is 24.3 Å². The topological polar surface area (TPSA) is 17.1 Å². The first-order valence-electron chi connectivity index (χ1n) is 4.59. The molecule has 1 rings (SSSR count). The molecule has 0 spiro atoms. The summed E-state index contributed by atoms with van der Waals surface area (Å²) in [6, 6.07) is 0. The number of carbonyl (C=O) groups excluding carboxylic acids is 1. The number of carbonyl (C=O) groups is 1. The van der Waals surface area contributed by atoms with Crippen LogP contribution in [0.4, 0.5) is 0 Å². The molecule has 1 heteroatoms. The molecule has 1 atom stereocenters. The van der Waals surface area contributed by atoms with Gasteiger partial charge in [-0.05, 0) is 36.8 Å². The first kappa shape index (κ1) is 9.24. The summed E-state index contributed by atoms with van der Waals surface area (Å²) in [5, 5.41) is 0. The van der Waals surface area contributed by atoms with Crippen molar-refractivity contribution in [1.29, 1.82) is 0 Å². The minimum Gasteiger partial charge on any atom is -0.290 e. The fraction of sp³-hybridized carbons (Fsp3) is 0.545. The highest BCUT2D eigenvalue weighted by molar-refractivity contribution is 5.99. The van der Waals surface area contributed by atoms with E-state index < -0.39 is 0 Å². The molecule has 0 aromatic carbocycles. The van der Waals surface area contributed by atoms with Gasteiger partial charge in [0.1, 0.15) is 0 Å². The van der Waals surface area contributed by atoms with E-state index in [0.29, 0.717) is 11.8 Å². The van der Waals surface area contributed by atoms with Crippen LogP contribution in [0, 0.1) is 11.8 Å². The SMILES string of the molecule is CC(C)C1/C=C\C(=O)/C=C\CC1. The van der Waals surface area contributed by atoms with Crippen molar-refractivity contribution in [2.75, 3.05) is 0 Å². The molecular formula is C11H16O. The molecule has 66 valence electrons. The molecular weight excluding hydrogens is 148 g/mol. The lowest BCUT2D eigenvalue weighted by molar-refractivity contribution is -0.110. The second-order valence-corrected chi connectivity index (χ2v) is 3.65. The van der Waals surface area contributed by atoms with Crippen molar-refractivity contribution in [1.82, 2.24) is 0 Å². The van der Waals surface area contributed by atoms with Crippen molar-refractivity contribution in [2.24, 2.45) is 11.8 Å². The summed E-state index contributed by atoms with van der Waals surface area (Å²) < 4.78 is 0. The van der Waals surface area contributed by atoms with E-state index in [9.17, 15) is 4.79 Å². The fourth-order valence-corrected chi connectivity index (χ4v) is 1.41. The Hall–Kier alpha value is -0.850. The standard InChI is InChI=1S/C11H16O/c1-9(2)10-5-3-4-6-11(12)8-7-10/h4,6-10H,3,5H2,1-2H3/b6-4-,8-7-. The van der Waals surface area contributed by atoms with Gasteiger partial charge in [-0.1, -0.05) is 26.0 Å². The second kappa shape index (κ2) is 4.24. The molecule has 0 amide bonds. The van der Waals surface area contributed by atoms with Gasteiger partial charge >= 0.3 is 0 Å². The van der Waals surface area contributed by atoms with E-state index in [1.807, 2.05) is 6.08 Å². The molecule has 1 nitrogen and oxygen atoms in total. The van der Waals surface area contributed by atoms with Crippen LogP contribution in [0.1, 0.15) is 26.7 Å². The van der Waals surface area contributed by atoms with Gasteiger partial charge in [0.25, 0.3) is 0 Å². The van der Waals surface area contributed by atoms with Gasteiger partial charge in [-0.3, -0.25) is 4.79 Å². The molecule has 0 saturated carbocycles. The largest absolute Gasteiger partial charge is 0.290 e. The predicted molar refractivity (Wildman–Crippen MR) is 50.8 cm³/mol. The van der Waals surface area contributed by atoms with Crippen LogP contribution in [0.25, 0.3) is 0 Å². The number of ketones is 1. The van der Waals surface area contributed by atoms with Crippen molar-refractivity contribution in [3.8, 4) is 0 Å². The lowest BCUT2D eigenvalue weighted by Crippen LogP contribution is -2.07. The van der Waals surface area contributed by atoms with Crippen LogP contribution in [-0.4, -0.2) is 5.78 Å². The van der Waals surface area contributed by atoms with Crippen LogP contribution in [0.15, 0.2) is 24.3 Å². The Morgan fingerprint density at radius 3 is 2.83 bits per heavy atom. The van der Waals surface area contributed by atoms with E-state index in [1.54, 1.807) is 12.2 Å². The average Bonchev–Trinajstić information content (AvgIpc) is 1.97. The Bertz CT molecular complexity index is 211. The Labute approximate surface area is 74.2 Å². The van der Waals surface area contributed by atoms with Gasteiger partial charge in [0.05, 0.1) is 0 Å². The first-order valence-corrected chi connectivity index (χ1v) is 4.59. The summed E-state index contributed by atoms with van der Waals surface area (Å²) in [6.07, 6.45) is 9.57. The van der Waals surface area contributed by atoms with Crippen molar-refractivity contribution < 1.29 is 4.79 Å². The van der Waals surface area contributed by atoms with Gasteiger partial charge in [-0.2, -0.15) is 0 Å². The summed E-state index contributed by atoms with van der Waals surface area (Å²) in [5.41, 5.74) is 0. The van der Waals surface area contributed by atoms with E-state index in [-0.39, 0.29) is 5.78 Å². The Morgan fingerprint density at radius 1 is 1.42 bits per heavy atom. The van der Waals surface area contributed by atoms with Gasteiger partial charge in [-0.25, -0.2) is 0 Å². The average molecular weight is 164 g/mol. The van der Waals surface area contributed by atoms with E-state index in [1.165, 1.54) is 0 Å². The molecule has 0 N–H and O–H groups in total. The third-order valence-corrected chi connectivity index (χ3v) is 2.31. The summed E-state index contributed by atoms with van der Waals surface area (Å²) >= 11 is 0. The molecule has 0 aromatic rings. The Kier molecular flexibility index (Phi) is 3.27. The molecule has 0 fully saturated rings. The van der Waals surface area contributed by atoms with Crippen LogP contribution in [0.3, 0.4) is 0 Å². The highest BCUT2D eigenvalue weighted by atomic mass is 16.1. The number of hydrogen-bond donors (Lipinski definition) is 0. The molecule has 1 aliphatic rings. The maximum absolute atomic E-state index is 11.0. The maximum Gasteiger partial charge on any atom is 0.178 e. The van der Waals surface area contributed by atoms with E-state index in [0.717, 1.165) is 12.8 Å². The van der Waals surface area contributed by atoms with Gasteiger partial charge in [0.2, 0.25) is 0 Å². The predicted octanol–water partition coefficient (Wildman–Crippen LogP) is 2.73. The fourth-order valence-electron chi connectivity index (χ4n) is 1.41. The summed E-state index contributed by atoms with van der Waals surface area (Å²) in [5.74, 6) is 1.33.